The summed E-state index contributed by atoms with van der Waals surface area (Å²) in [6, 6.07) is 9.95. The van der Waals surface area contributed by atoms with Gasteiger partial charge in [-0.15, -0.1) is 11.3 Å². The first-order valence-electron chi connectivity index (χ1n) is 4.03. The average Bonchev–Trinajstić information content (AvgIpc) is 2.56. The van der Waals surface area contributed by atoms with Crippen LogP contribution in [0.2, 0.25) is 0 Å². The van der Waals surface area contributed by atoms with Crippen molar-refractivity contribution in [3.05, 3.63) is 40.2 Å². The molecule has 0 atom stereocenters. The van der Waals surface area contributed by atoms with E-state index in [9.17, 15) is 0 Å². The first kappa shape index (κ1) is 10.1. The van der Waals surface area contributed by atoms with Crippen molar-refractivity contribution >= 4 is 44.7 Å². The van der Waals surface area contributed by atoms with Crippen LogP contribution in [0.1, 0.15) is 0 Å². The number of nitrogens with two attached hydrogens (primary N) is 1. The second-order valence-electron chi connectivity index (χ2n) is 2.70. The lowest BCUT2D eigenvalue weighted by Crippen LogP contribution is -1.86. The highest BCUT2D eigenvalue weighted by Gasteiger charge is 2.05. The fraction of sp³-hybridized carbons (Fsp3) is 0. The molecule has 2 aromatic rings. The molecule has 72 valence electrons. The molecule has 0 amide bonds. The molecule has 1 aromatic carbocycles. The second-order valence-corrected chi connectivity index (χ2v) is 5.78. The summed E-state index contributed by atoms with van der Waals surface area (Å²) in [5.41, 5.74) is 6.69. The normalized spacial score (nSPS) is 10.4. The molecule has 0 aliphatic heterocycles. The van der Waals surface area contributed by atoms with Crippen molar-refractivity contribution in [2.75, 3.05) is 5.73 Å². The van der Waals surface area contributed by atoms with Gasteiger partial charge in [0.15, 0.2) is 0 Å². The van der Waals surface area contributed by atoms with Crippen LogP contribution in [0, 0.1) is 0 Å². The Hall–Kier alpha value is -0.450. The van der Waals surface area contributed by atoms with E-state index in [2.05, 4.69) is 21.3 Å². The van der Waals surface area contributed by atoms with Crippen molar-refractivity contribution in [3.8, 4) is 0 Å². The second kappa shape index (κ2) is 4.38. The van der Waals surface area contributed by atoms with Gasteiger partial charge in [-0.05, 0) is 39.5 Å². The summed E-state index contributed by atoms with van der Waals surface area (Å²) in [6.45, 7) is 0. The van der Waals surface area contributed by atoms with Crippen LogP contribution in [-0.2, 0) is 0 Å². The number of para-hydroxylation sites is 1. The van der Waals surface area contributed by atoms with Crippen LogP contribution in [0.15, 0.2) is 49.3 Å². The first-order valence-corrected chi connectivity index (χ1v) is 6.51. The number of hydrogen-bond acceptors (Lipinski definition) is 3. The highest BCUT2D eigenvalue weighted by molar-refractivity contribution is 9.10. The molecule has 1 heterocycles. The van der Waals surface area contributed by atoms with Crippen molar-refractivity contribution in [2.24, 2.45) is 0 Å². The van der Waals surface area contributed by atoms with Gasteiger partial charge >= 0.3 is 0 Å². The molecule has 0 aliphatic rings. The van der Waals surface area contributed by atoms with Crippen molar-refractivity contribution in [1.82, 2.24) is 0 Å². The predicted octanol–water partition coefficient (Wildman–Crippen LogP) is 4.24. The molecule has 0 saturated carbocycles. The van der Waals surface area contributed by atoms with E-state index in [0.717, 1.165) is 15.1 Å². The number of nitrogen functional groups attached to an aromatic ring is 1. The topological polar surface area (TPSA) is 26.0 Å². The number of rotatable bonds is 2. The molecule has 14 heavy (non-hydrogen) atoms. The van der Waals surface area contributed by atoms with Crippen LogP contribution in [-0.4, -0.2) is 0 Å². The summed E-state index contributed by atoms with van der Waals surface area (Å²) in [5.74, 6) is 0. The third-order valence-corrected chi connectivity index (χ3v) is 5.13. The van der Waals surface area contributed by atoms with Gasteiger partial charge in [0.1, 0.15) is 0 Å². The fourth-order valence-electron chi connectivity index (χ4n) is 1.03. The van der Waals surface area contributed by atoms with Crippen LogP contribution in [0.4, 0.5) is 5.69 Å². The maximum absolute atomic E-state index is 5.86. The van der Waals surface area contributed by atoms with Crippen molar-refractivity contribution < 1.29 is 0 Å². The standard InChI is InChI=1S/C10H8BrNS2/c11-7-5-6-13-10(7)14-9-4-2-1-3-8(9)12/h1-6H,12H2. The summed E-state index contributed by atoms with van der Waals surface area (Å²) in [7, 11) is 0. The highest BCUT2D eigenvalue weighted by atomic mass is 79.9. The number of halogens is 1. The molecule has 1 aromatic heterocycles. The largest absolute Gasteiger partial charge is 0.398 e. The van der Waals surface area contributed by atoms with E-state index in [-0.39, 0.29) is 0 Å². The van der Waals surface area contributed by atoms with Crippen LogP contribution in [0.5, 0.6) is 0 Å². The third kappa shape index (κ3) is 2.13. The zero-order valence-electron chi connectivity index (χ0n) is 7.24. The molecule has 2 N–H and O–H groups in total. The van der Waals surface area contributed by atoms with Crippen LogP contribution < -0.4 is 5.73 Å². The Bertz CT molecular complexity index is 439. The molecule has 0 radical (unpaired) electrons. The van der Waals surface area contributed by atoms with Gasteiger partial charge in [-0.1, -0.05) is 23.9 Å². The zero-order chi connectivity index (χ0) is 9.97. The maximum Gasteiger partial charge on any atom is 0.0789 e. The molecule has 0 spiro atoms. The van der Waals surface area contributed by atoms with E-state index in [1.165, 1.54) is 4.21 Å². The Balaban J connectivity index is 2.28. The molecule has 1 nitrogen and oxygen atoms in total. The minimum Gasteiger partial charge on any atom is -0.398 e. The molecule has 0 unspecified atom stereocenters. The summed E-state index contributed by atoms with van der Waals surface area (Å²) in [6.07, 6.45) is 0. The smallest absolute Gasteiger partial charge is 0.0789 e. The third-order valence-electron chi connectivity index (χ3n) is 1.71. The average molecular weight is 286 g/mol. The summed E-state index contributed by atoms with van der Waals surface area (Å²) in [4.78, 5) is 1.11. The highest BCUT2D eigenvalue weighted by Crippen LogP contribution is 2.39. The van der Waals surface area contributed by atoms with E-state index >= 15 is 0 Å². The predicted molar refractivity (Wildman–Crippen MR) is 67.0 cm³/mol. The van der Waals surface area contributed by atoms with Crippen molar-refractivity contribution in [3.63, 3.8) is 0 Å². The summed E-state index contributed by atoms with van der Waals surface area (Å²) < 4.78 is 2.37. The number of hydrogen-bond donors (Lipinski definition) is 1. The van der Waals surface area contributed by atoms with Gasteiger partial charge in [0, 0.05) is 15.1 Å². The van der Waals surface area contributed by atoms with Crippen LogP contribution in [0.25, 0.3) is 0 Å². The Morgan fingerprint density at radius 1 is 1.21 bits per heavy atom. The van der Waals surface area contributed by atoms with E-state index in [1.807, 2.05) is 30.3 Å². The van der Waals surface area contributed by atoms with Gasteiger partial charge in [-0.3, -0.25) is 0 Å². The van der Waals surface area contributed by atoms with Crippen LogP contribution in [0.3, 0.4) is 0 Å². The van der Waals surface area contributed by atoms with Gasteiger partial charge in [0.25, 0.3) is 0 Å². The SMILES string of the molecule is Nc1ccccc1Sc1sccc1Br. The number of anilines is 1. The lowest BCUT2D eigenvalue weighted by atomic mass is 10.3. The first-order chi connectivity index (χ1) is 6.77. The molecule has 0 bridgehead atoms. The summed E-state index contributed by atoms with van der Waals surface area (Å²) in [5, 5.41) is 2.06. The Morgan fingerprint density at radius 3 is 2.64 bits per heavy atom. The van der Waals surface area contributed by atoms with Crippen molar-refractivity contribution in [2.45, 2.75) is 9.10 Å². The Kier molecular flexibility index (Phi) is 3.15. The van der Waals surface area contributed by atoms with Gasteiger partial charge < -0.3 is 5.73 Å². The zero-order valence-corrected chi connectivity index (χ0v) is 10.5. The maximum atomic E-state index is 5.86. The molecule has 0 saturated heterocycles. The van der Waals surface area contributed by atoms with Gasteiger partial charge in [0.2, 0.25) is 0 Å². The van der Waals surface area contributed by atoms with E-state index < -0.39 is 0 Å². The molecule has 4 heteroatoms. The van der Waals surface area contributed by atoms with E-state index in [4.69, 9.17) is 5.73 Å². The quantitative estimate of drug-likeness (QED) is 0.835. The van der Waals surface area contributed by atoms with Gasteiger partial charge in [-0.2, -0.15) is 0 Å². The lowest BCUT2D eigenvalue weighted by molar-refractivity contribution is 1.45. The number of thiophene rings is 1. The fourth-order valence-corrected chi connectivity index (χ4v) is 3.69. The lowest BCUT2D eigenvalue weighted by Gasteiger charge is -2.02. The van der Waals surface area contributed by atoms with Gasteiger partial charge in [-0.25, -0.2) is 0 Å². The molecular formula is C10H8BrNS2. The van der Waals surface area contributed by atoms with Crippen molar-refractivity contribution in [1.29, 1.82) is 0 Å². The van der Waals surface area contributed by atoms with Crippen LogP contribution >= 0.6 is 39.0 Å². The molecule has 2 rings (SSSR count). The Labute approximate surface area is 99.5 Å². The number of benzene rings is 1. The van der Waals surface area contributed by atoms with E-state index in [1.54, 1.807) is 23.1 Å². The molecular weight excluding hydrogens is 278 g/mol. The van der Waals surface area contributed by atoms with E-state index in [0.29, 0.717) is 0 Å². The molecule has 0 fully saturated rings. The Morgan fingerprint density at radius 2 is 2.00 bits per heavy atom. The van der Waals surface area contributed by atoms with Gasteiger partial charge in [0.05, 0.1) is 4.21 Å². The summed E-state index contributed by atoms with van der Waals surface area (Å²) >= 11 is 6.90. The molecule has 0 aliphatic carbocycles. The minimum absolute atomic E-state index is 0.831. The minimum atomic E-state index is 0.831. The monoisotopic (exact) mass is 285 g/mol.